The van der Waals surface area contributed by atoms with E-state index in [9.17, 15) is 13.2 Å². The van der Waals surface area contributed by atoms with Crippen LogP contribution in [0.5, 0.6) is 0 Å². The molecule has 17 heavy (non-hydrogen) atoms. The summed E-state index contributed by atoms with van der Waals surface area (Å²) in [7, 11) is 0. The molecule has 0 aromatic heterocycles. The maximum Gasteiger partial charge on any atom is 0.416 e. The Morgan fingerprint density at radius 3 is 2.53 bits per heavy atom. The Bertz CT molecular complexity index is 352. The van der Waals surface area contributed by atoms with Crippen molar-refractivity contribution in [2.24, 2.45) is 5.73 Å². The van der Waals surface area contributed by atoms with Gasteiger partial charge in [0, 0.05) is 6.61 Å². The zero-order valence-electron chi connectivity index (χ0n) is 9.63. The van der Waals surface area contributed by atoms with Crippen molar-refractivity contribution in [3.05, 3.63) is 35.4 Å². The van der Waals surface area contributed by atoms with Gasteiger partial charge in [-0.3, -0.25) is 0 Å². The van der Waals surface area contributed by atoms with E-state index in [0.717, 1.165) is 12.5 Å². The molecule has 0 spiro atoms. The Morgan fingerprint density at radius 2 is 1.94 bits per heavy atom. The van der Waals surface area contributed by atoms with Crippen molar-refractivity contribution in [3.8, 4) is 0 Å². The lowest BCUT2D eigenvalue weighted by atomic mass is 10.0. The average Bonchev–Trinajstić information content (AvgIpc) is 2.28. The van der Waals surface area contributed by atoms with Gasteiger partial charge in [0.25, 0.3) is 0 Å². The molecule has 0 aliphatic carbocycles. The maximum absolute atomic E-state index is 12.7. The van der Waals surface area contributed by atoms with Crippen molar-refractivity contribution in [2.45, 2.75) is 25.6 Å². The number of nitrogens with two attached hydrogens (primary N) is 1. The largest absolute Gasteiger partial charge is 0.416 e. The molecule has 1 aromatic rings. The first kappa shape index (κ1) is 14.0. The summed E-state index contributed by atoms with van der Waals surface area (Å²) in [6.07, 6.45) is -3.56. The Kier molecular flexibility index (Phi) is 4.96. The molecule has 96 valence electrons. The van der Waals surface area contributed by atoms with Crippen LogP contribution in [0.1, 0.15) is 30.5 Å². The Morgan fingerprint density at radius 1 is 1.29 bits per heavy atom. The van der Waals surface area contributed by atoms with E-state index in [4.69, 9.17) is 10.5 Å². The number of ether oxygens (including phenoxy) is 1. The molecule has 2 N–H and O–H groups in total. The number of halogens is 3. The lowest BCUT2D eigenvalue weighted by Crippen LogP contribution is -2.21. The van der Waals surface area contributed by atoms with Crippen LogP contribution in [-0.2, 0) is 10.9 Å². The van der Waals surface area contributed by atoms with Crippen molar-refractivity contribution in [2.75, 3.05) is 13.2 Å². The van der Waals surface area contributed by atoms with Crippen LogP contribution >= 0.6 is 0 Å². The predicted molar refractivity (Wildman–Crippen MR) is 59.5 cm³/mol. The minimum Gasteiger partial charge on any atom is -0.379 e. The highest BCUT2D eigenvalue weighted by Crippen LogP contribution is 2.33. The van der Waals surface area contributed by atoms with Gasteiger partial charge in [-0.05, 0) is 18.1 Å². The van der Waals surface area contributed by atoms with Crippen LogP contribution in [0.3, 0.4) is 0 Å². The van der Waals surface area contributed by atoms with Gasteiger partial charge in [-0.25, -0.2) is 0 Å². The fourth-order valence-electron chi connectivity index (χ4n) is 1.52. The standard InChI is InChI=1S/C12H16F3NO/c1-2-7-17-8-11(16)9-5-3-4-6-10(9)12(13,14)15/h3-6,11H,2,7-8,16H2,1H3. The third kappa shape index (κ3) is 4.02. The summed E-state index contributed by atoms with van der Waals surface area (Å²) in [6, 6.07) is 4.58. The highest BCUT2D eigenvalue weighted by atomic mass is 19.4. The molecule has 1 aromatic carbocycles. The zero-order valence-corrected chi connectivity index (χ0v) is 9.63. The molecule has 0 aliphatic rings. The summed E-state index contributed by atoms with van der Waals surface area (Å²) < 4.78 is 43.3. The minimum absolute atomic E-state index is 0.0797. The van der Waals surface area contributed by atoms with E-state index in [2.05, 4.69) is 0 Å². The first-order chi connectivity index (χ1) is 7.96. The number of alkyl halides is 3. The Balaban J connectivity index is 2.82. The van der Waals surface area contributed by atoms with Crippen LogP contribution < -0.4 is 5.73 Å². The summed E-state index contributed by atoms with van der Waals surface area (Å²) in [5.74, 6) is 0. The molecule has 0 amide bonds. The van der Waals surface area contributed by atoms with E-state index in [1.54, 1.807) is 6.07 Å². The molecular formula is C12H16F3NO. The van der Waals surface area contributed by atoms with E-state index in [1.165, 1.54) is 12.1 Å². The highest BCUT2D eigenvalue weighted by Gasteiger charge is 2.34. The maximum atomic E-state index is 12.7. The fourth-order valence-corrected chi connectivity index (χ4v) is 1.52. The SMILES string of the molecule is CCCOCC(N)c1ccccc1C(F)(F)F. The van der Waals surface area contributed by atoms with Gasteiger partial charge in [0.05, 0.1) is 18.2 Å². The lowest BCUT2D eigenvalue weighted by molar-refractivity contribution is -0.138. The second-order valence-electron chi connectivity index (χ2n) is 3.77. The van der Waals surface area contributed by atoms with Gasteiger partial charge in [0.15, 0.2) is 0 Å². The van der Waals surface area contributed by atoms with Gasteiger partial charge < -0.3 is 10.5 Å². The molecule has 2 nitrogen and oxygen atoms in total. The van der Waals surface area contributed by atoms with Crippen molar-refractivity contribution in [1.29, 1.82) is 0 Å². The van der Waals surface area contributed by atoms with Crippen LogP contribution in [-0.4, -0.2) is 13.2 Å². The normalized spacial score (nSPS) is 13.7. The lowest BCUT2D eigenvalue weighted by Gasteiger charge is -2.18. The fraction of sp³-hybridized carbons (Fsp3) is 0.500. The van der Waals surface area contributed by atoms with Crippen LogP contribution in [0.4, 0.5) is 13.2 Å². The number of benzene rings is 1. The summed E-state index contributed by atoms with van der Waals surface area (Å²) in [4.78, 5) is 0. The second-order valence-corrected chi connectivity index (χ2v) is 3.77. The zero-order chi connectivity index (χ0) is 12.9. The van der Waals surface area contributed by atoms with Crippen LogP contribution in [0.2, 0.25) is 0 Å². The summed E-state index contributed by atoms with van der Waals surface area (Å²) in [6.45, 7) is 2.53. The second kappa shape index (κ2) is 6.02. The van der Waals surface area contributed by atoms with Crippen LogP contribution in [0.25, 0.3) is 0 Å². The van der Waals surface area contributed by atoms with Gasteiger partial charge in [-0.2, -0.15) is 13.2 Å². The molecule has 5 heteroatoms. The monoisotopic (exact) mass is 247 g/mol. The van der Waals surface area contributed by atoms with Crippen molar-refractivity contribution in [3.63, 3.8) is 0 Å². The molecule has 1 rings (SSSR count). The van der Waals surface area contributed by atoms with Gasteiger partial charge >= 0.3 is 6.18 Å². The molecule has 0 bridgehead atoms. The topological polar surface area (TPSA) is 35.2 Å². The highest BCUT2D eigenvalue weighted by molar-refractivity contribution is 5.32. The van der Waals surface area contributed by atoms with Gasteiger partial charge in [0.1, 0.15) is 0 Å². The Hall–Kier alpha value is -1.07. The van der Waals surface area contributed by atoms with E-state index in [1.807, 2.05) is 6.92 Å². The van der Waals surface area contributed by atoms with Gasteiger partial charge in [-0.15, -0.1) is 0 Å². The van der Waals surface area contributed by atoms with Gasteiger partial charge in [0.2, 0.25) is 0 Å². The van der Waals surface area contributed by atoms with Crippen LogP contribution in [0.15, 0.2) is 24.3 Å². The third-order valence-corrected chi connectivity index (χ3v) is 2.31. The van der Waals surface area contributed by atoms with E-state index in [-0.39, 0.29) is 12.2 Å². The van der Waals surface area contributed by atoms with E-state index >= 15 is 0 Å². The summed E-state index contributed by atoms with van der Waals surface area (Å²) in [5.41, 5.74) is 5.10. The average molecular weight is 247 g/mol. The van der Waals surface area contributed by atoms with Crippen molar-refractivity contribution in [1.82, 2.24) is 0 Å². The van der Waals surface area contributed by atoms with E-state index in [0.29, 0.717) is 6.61 Å². The summed E-state index contributed by atoms with van der Waals surface area (Å²) >= 11 is 0. The molecule has 1 unspecified atom stereocenters. The quantitative estimate of drug-likeness (QED) is 0.811. The first-order valence-corrected chi connectivity index (χ1v) is 5.46. The molecule has 0 saturated carbocycles. The molecule has 0 aliphatic heterocycles. The summed E-state index contributed by atoms with van der Waals surface area (Å²) in [5, 5.41) is 0. The third-order valence-electron chi connectivity index (χ3n) is 2.31. The number of hydrogen-bond donors (Lipinski definition) is 1. The predicted octanol–water partition coefficient (Wildman–Crippen LogP) is 3.13. The van der Waals surface area contributed by atoms with E-state index < -0.39 is 17.8 Å². The molecule has 0 fully saturated rings. The smallest absolute Gasteiger partial charge is 0.379 e. The van der Waals surface area contributed by atoms with Crippen molar-refractivity contribution < 1.29 is 17.9 Å². The first-order valence-electron chi connectivity index (χ1n) is 5.46. The van der Waals surface area contributed by atoms with Crippen molar-refractivity contribution >= 4 is 0 Å². The van der Waals surface area contributed by atoms with Gasteiger partial charge in [-0.1, -0.05) is 25.1 Å². The minimum atomic E-state index is -4.38. The number of hydrogen-bond acceptors (Lipinski definition) is 2. The molecule has 1 atom stereocenters. The molecule has 0 saturated heterocycles. The molecular weight excluding hydrogens is 231 g/mol. The molecule has 0 radical (unpaired) electrons. The van der Waals surface area contributed by atoms with Crippen LogP contribution in [0, 0.1) is 0 Å². The molecule has 0 heterocycles. The number of rotatable bonds is 5. The Labute approximate surface area is 98.6 Å².